The molecule has 1 heterocycles. The Labute approximate surface area is 292 Å². The monoisotopic (exact) mass is 638 g/mol. The Bertz CT molecular complexity index is 2550. The number of benzene rings is 8. The van der Waals surface area contributed by atoms with Crippen LogP contribution in [0.2, 0.25) is 0 Å². The van der Waals surface area contributed by atoms with Crippen LogP contribution in [0.1, 0.15) is 0 Å². The molecule has 2 nitrogen and oxygen atoms in total. The van der Waals surface area contributed by atoms with Gasteiger partial charge in [0.1, 0.15) is 0 Å². The fourth-order valence-electron chi connectivity index (χ4n) is 7.15. The first-order chi connectivity index (χ1) is 24.8. The Kier molecular flexibility index (Phi) is 7.53. The highest BCUT2D eigenvalue weighted by molar-refractivity contribution is 6.10. The normalized spacial score (nSPS) is 11.2. The summed E-state index contributed by atoms with van der Waals surface area (Å²) in [5, 5.41) is 2.51. The third-order valence-corrected chi connectivity index (χ3v) is 9.59. The number of rotatable bonds is 7. The molecule has 9 rings (SSSR count). The maximum Gasteiger partial charge on any atom is 0.0541 e. The molecule has 0 radical (unpaired) electrons. The summed E-state index contributed by atoms with van der Waals surface area (Å²) in [6.45, 7) is 0. The molecule has 0 N–H and O–H groups in total. The molecule has 9 aromatic rings. The summed E-state index contributed by atoms with van der Waals surface area (Å²) < 4.78 is 2.36. The molecule has 0 spiro atoms. The molecule has 0 saturated carbocycles. The molecule has 0 aliphatic heterocycles. The Balaban J connectivity index is 1.12. The molecule has 2 heteroatoms. The van der Waals surface area contributed by atoms with E-state index in [-0.39, 0.29) is 0 Å². The van der Waals surface area contributed by atoms with Gasteiger partial charge in [-0.15, -0.1) is 0 Å². The van der Waals surface area contributed by atoms with Gasteiger partial charge in [0.25, 0.3) is 0 Å². The fraction of sp³-hybridized carbons (Fsp3) is 0. The number of hydrogen-bond acceptors (Lipinski definition) is 1. The zero-order valence-electron chi connectivity index (χ0n) is 27.5. The highest BCUT2D eigenvalue weighted by Gasteiger charge is 2.16. The molecular formula is C48H34N2. The molecule has 0 aliphatic carbocycles. The average Bonchev–Trinajstić information content (AvgIpc) is 3.53. The minimum atomic E-state index is 1.10. The molecule has 1 aromatic heterocycles. The van der Waals surface area contributed by atoms with Gasteiger partial charge >= 0.3 is 0 Å². The van der Waals surface area contributed by atoms with Gasteiger partial charge in [0, 0.05) is 33.5 Å². The van der Waals surface area contributed by atoms with Crippen LogP contribution in [0.15, 0.2) is 206 Å². The van der Waals surface area contributed by atoms with E-state index in [0.717, 1.165) is 17.1 Å². The lowest BCUT2D eigenvalue weighted by Crippen LogP contribution is -2.10. The lowest BCUT2D eigenvalue weighted by Gasteiger charge is -2.26. The van der Waals surface area contributed by atoms with Crippen molar-refractivity contribution in [1.82, 2.24) is 4.57 Å². The third-order valence-electron chi connectivity index (χ3n) is 9.59. The summed E-state index contributed by atoms with van der Waals surface area (Å²) in [4.78, 5) is 2.35. The average molecular weight is 639 g/mol. The van der Waals surface area contributed by atoms with E-state index in [4.69, 9.17) is 0 Å². The highest BCUT2D eigenvalue weighted by atomic mass is 15.1. The second kappa shape index (κ2) is 12.8. The summed E-state index contributed by atoms with van der Waals surface area (Å²) in [7, 11) is 0. The van der Waals surface area contributed by atoms with Crippen LogP contribution in [0.4, 0.5) is 17.1 Å². The summed E-state index contributed by atoms with van der Waals surface area (Å²) in [5.41, 5.74) is 14.1. The van der Waals surface area contributed by atoms with E-state index in [2.05, 4.69) is 216 Å². The maximum atomic E-state index is 2.36. The van der Waals surface area contributed by atoms with Crippen LogP contribution in [0.5, 0.6) is 0 Å². The second-order valence-electron chi connectivity index (χ2n) is 12.6. The maximum absolute atomic E-state index is 2.36. The molecule has 0 unspecified atom stereocenters. The van der Waals surface area contributed by atoms with Gasteiger partial charge in [0.05, 0.1) is 11.0 Å². The Hall–Kier alpha value is -6.64. The number of fused-ring (bicyclic) bond motifs is 3. The van der Waals surface area contributed by atoms with Gasteiger partial charge in [-0.25, -0.2) is 0 Å². The van der Waals surface area contributed by atoms with E-state index >= 15 is 0 Å². The van der Waals surface area contributed by atoms with E-state index in [0.29, 0.717) is 0 Å². The van der Waals surface area contributed by atoms with Crippen LogP contribution in [-0.4, -0.2) is 4.57 Å². The van der Waals surface area contributed by atoms with Crippen molar-refractivity contribution in [2.75, 3.05) is 4.90 Å². The first-order valence-electron chi connectivity index (χ1n) is 17.1. The van der Waals surface area contributed by atoms with Gasteiger partial charge in [-0.05, 0) is 100 Å². The van der Waals surface area contributed by atoms with Crippen molar-refractivity contribution in [2.45, 2.75) is 0 Å². The second-order valence-corrected chi connectivity index (χ2v) is 12.6. The molecule has 0 atom stereocenters. The van der Waals surface area contributed by atoms with Crippen LogP contribution < -0.4 is 4.90 Å². The third kappa shape index (κ3) is 5.43. The van der Waals surface area contributed by atoms with Crippen molar-refractivity contribution in [3.8, 4) is 39.1 Å². The predicted molar refractivity (Wildman–Crippen MR) is 212 cm³/mol. The minimum Gasteiger partial charge on any atom is -0.310 e. The zero-order chi connectivity index (χ0) is 33.3. The van der Waals surface area contributed by atoms with Crippen molar-refractivity contribution in [3.05, 3.63) is 206 Å². The standard InChI is InChI=1S/C48H34N2/c1-4-13-35(14-5-1)37-23-28-42(29-24-37)49(44-20-12-17-39(33-44)36-15-6-2-7-16-36)43-30-25-38(26-31-43)40-27-32-48-46(34-40)45-21-10-11-22-47(45)50(48)41-18-8-3-9-19-41/h1-34H. The SMILES string of the molecule is c1ccc(-c2ccc(N(c3ccc(-c4ccc5c(c4)c4ccccc4n5-c4ccccc4)cc3)c3cccc(-c4ccccc4)c3)cc2)cc1. The first-order valence-corrected chi connectivity index (χ1v) is 17.1. The number of hydrogen-bond donors (Lipinski definition) is 0. The lowest BCUT2D eigenvalue weighted by molar-refractivity contribution is 1.18. The van der Waals surface area contributed by atoms with Gasteiger partial charge in [-0.1, -0.05) is 140 Å². The van der Waals surface area contributed by atoms with E-state index in [1.807, 2.05) is 0 Å². The summed E-state index contributed by atoms with van der Waals surface area (Å²) in [5.74, 6) is 0. The summed E-state index contributed by atoms with van der Waals surface area (Å²) >= 11 is 0. The Morgan fingerprint density at radius 1 is 0.280 bits per heavy atom. The lowest BCUT2D eigenvalue weighted by atomic mass is 10.0. The fourth-order valence-corrected chi connectivity index (χ4v) is 7.15. The van der Waals surface area contributed by atoms with E-state index < -0.39 is 0 Å². The predicted octanol–water partition coefficient (Wildman–Crippen LogP) is 13.3. The number of nitrogens with zero attached hydrogens (tertiary/aromatic N) is 2. The molecule has 0 fully saturated rings. The van der Waals surface area contributed by atoms with Crippen LogP contribution in [0.25, 0.3) is 60.9 Å². The molecular weight excluding hydrogens is 605 g/mol. The molecule has 0 saturated heterocycles. The van der Waals surface area contributed by atoms with Crippen molar-refractivity contribution in [2.24, 2.45) is 0 Å². The Morgan fingerprint density at radius 2 is 0.740 bits per heavy atom. The van der Waals surface area contributed by atoms with Crippen LogP contribution in [0.3, 0.4) is 0 Å². The summed E-state index contributed by atoms with van der Waals surface area (Å²) in [6.07, 6.45) is 0. The van der Waals surface area contributed by atoms with Crippen LogP contribution in [-0.2, 0) is 0 Å². The van der Waals surface area contributed by atoms with E-state index in [1.54, 1.807) is 0 Å². The van der Waals surface area contributed by atoms with E-state index in [1.165, 1.54) is 60.9 Å². The number of aromatic nitrogens is 1. The topological polar surface area (TPSA) is 8.17 Å². The van der Waals surface area contributed by atoms with Crippen molar-refractivity contribution < 1.29 is 0 Å². The molecule has 50 heavy (non-hydrogen) atoms. The smallest absolute Gasteiger partial charge is 0.0541 e. The van der Waals surface area contributed by atoms with Crippen LogP contribution >= 0.6 is 0 Å². The first kappa shape index (κ1) is 29.5. The van der Waals surface area contributed by atoms with Crippen molar-refractivity contribution in [1.29, 1.82) is 0 Å². The molecule has 236 valence electrons. The number of anilines is 3. The van der Waals surface area contributed by atoms with Crippen molar-refractivity contribution >= 4 is 38.9 Å². The zero-order valence-corrected chi connectivity index (χ0v) is 27.5. The molecule has 8 aromatic carbocycles. The molecule has 0 amide bonds. The van der Waals surface area contributed by atoms with Gasteiger partial charge in [0.15, 0.2) is 0 Å². The van der Waals surface area contributed by atoms with Gasteiger partial charge in [0.2, 0.25) is 0 Å². The van der Waals surface area contributed by atoms with Gasteiger partial charge in [-0.2, -0.15) is 0 Å². The van der Waals surface area contributed by atoms with Gasteiger partial charge in [-0.3, -0.25) is 0 Å². The number of para-hydroxylation sites is 2. The Morgan fingerprint density at radius 3 is 1.40 bits per heavy atom. The largest absolute Gasteiger partial charge is 0.310 e. The van der Waals surface area contributed by atoms with Crippen molar-refractivity contribution in [3.63, 3.8) is 0 Å². The summed E-state index contributed by atoms with van der Waals surface area (Å²) in [6, 6.07) is 74.0. The highest BCUT2D eigenvalue weighted by Crippen LogP contribution is 2.39. The van der Waals surface area contributed by atoms with Gasteiger partial charge < -0.3 is 9.47 Å². The van der Waals surface area contributed by atoms with E-state index in [9.17, 15) is 0 Å². The minimum absolute atomic E-state index is 1.10. The quantitative estimate of drug-likeness (QED) is 0.169. The molecule has 0 bridgehead atoms. The molecule has 0 aliphatic rings. The van der Waals surface area contributed by atoms with Crippen LogP contribution in [0, 0.1) is 0 Å².